The number of hydrogen-bond donors (Lipinski definition) is 2. The summed E-state index contributed by atoms with van der Waals surface area (Å²) >= 11 is 1.20. The summed E-state index contributed by atoms with van der Waals surface area (Å²) in [4.78, 5) is 16.7. The number of hydrogen-bond acceptors (Lipinski definition) is 10. The molecule has 4 rings (SSSR count). The first-order valence-corrected chi connectivity index (χ1v) is 9.71. The minimum atomic E-state index is -0.548. The van der Waals surface area contributed by atoms with Crippen molar-refractivity contribution in [3.8, 4) is 22.1 Å². The normalized spacial score (nSPS) is 10.9. The number of aromatic nitrogens is 3. The number of benzene rings is 1. The highest BCUT2D eigenvalue weighted by Gasteiger charge is 2.16. The number of nitrogens with zero attached hydrogens (tertiary/aromatic N) is 3. The van der Waals surface area contributed by atoms with Gasteiger partial charge in [-0.15, -0.1) is 10.2 Å². The molecule has 0 atom stereocenters. The van der Waals surface area contributed by atoms with E-state index in [4.69, 9.17) is 13.9 Å². The Morgan fingerprint density at radius 3 is 2.53 bits per heavy atom. The van der Waals surface area contributed by atoms with Crippen LogP contribution < -0.4 is 20.4 Å². The molecule has 0 amide bonds. The van der Waals surface area contributed by atoms with E-state index in [-0.39, 0.29) is 12.2 Å². The van der Waals surface area contributed by atoms with E-state index in [2.05, 4.69) is 20.5 Å². The molecule has 30 heavy (non-hydrogen) atoms. The molecule has 0 aliphatic carbocycles. The zero-order valence-corrected chi connectivity index (χ0v) is 17.2. The molecule has 0 bridgehead atoms. The van der Waals surface area contributed by atoms with Crippen molar-refractivity contribution in [1.29, 1.82) is 0 Å². The summed E-state index contributed by atoms with van der Waals surface area (Å²) in [6.07, 6.45) is 1.56. The lowest BCUT2D eigenvalue weighted by Gasteiger charge is -2.08. The molecule has 0 saturated carbocycles. The van der Waals surface area contributed by atoms with Gasteiger partial charge >= 0.3 is 5.63 Å². The molecule has 0 saturated heterocycles. The van der Waals surface area contributed by atoms with E-state index in [1.54, 1.807) is 51.6 Å². The summed E-state index contributed by atoms with van der Waals surface area (Å²) in [6.45, 7) is 1.51. The van der Waals surface area contributed by atoms with Gasteiger partial charge in [-0.05, 0) is 13.0 Å². The van der Waals surface area contributed by atoms with Crippen LogP contribution in [0, 0.1) is 6.92 Å². The lowest BCUT2D eigenvalue weighted by molar-refractivity contribution is 0.282. The molecule has 3 heterocycles. The van der Waals surface area contributed by atoms with Crippen molar-refractivity contribution in [2.75, 3.05) is 19.5 Å². The Bertz CT molecular complexity index is 1260. The van der Waals surface area contributed by atoms with Crippen molar-refractivity contribution in [2.24, 2.45) is 0 Å². The quantitative estimate of drug-likeness (QED) is 0.478. The van der Waals surface area contributed by atoms with Crippen molar-refractivity contribution in [1.82, 2.24) is 15.2 Å². The van der Waals surface area contributed by atoms with Gasteiger partial charge in [-0.3, -0.25) is 4.98 Å². The third-order valence-corrected chi connectivity index (χ3v) is 5.34. The molecule has 0 unspecified atom stereocenters. The Balaban J connectivity index is 1.72. The Kier molecular flexibility index (Phi) is 5.34. The first kappa shape index (κ1) is 19.8. The van der Waals surface area contributed by atoms with Gasteiger partial charge in [0.1, 0.15) is 11.5 Å². The van der Waals surface area contributed by atoms with Gasteiger partial charge in [-0.2, -0.15) is 0 Å². The maximum atomic E-state index is 12.5. The molecule has 2 N–H and O–H groups in total. The average Bonchev–Trinajstić information content (AvgIpc) is 3.21. The van der Waals surface area contributed by atoms with Crippen LogP contribution in [0.4, 0.5) is 10.8 Å². The minimum Gasteiger partial charge on any atom is -0.497 e. The fourth-order valence-electron chi connectivity index (χ4n) is 2.94. The number of pyridine rings is 1. The largest absolute Gasteiger partial charge is 0.497 e. The van der Waals surface area contributed by atoms with Crippen molar-refractivity contribution >= 4 is 33.1 Å². The number of fused-ring (bicyclic) bond motifs is 1. The second kappa shape index (κ2) is 8.09. The number of aryl methyl sites for hydroxylation is 1. The predicted octanol–water partition coefficient (Wildman–Crippen LogP) is 3.27. The Morgan fingerprint density at radius 2 is 1.87 bits per heavy atom. The van der Waals surface area contributed by atoms with Gasteiger partial charge in [0, 0.05) is 41.0 Å². The molecule has 4 aromatic rings. The van der Waals surface area contributed by atoms with Gasteiger partial charge in [-0.1, -0.05) is 11.3 Å². The lowest BCUT2D eigenvalue weighted by atomic mass is 10.1. The average molecular weight is 426 g/mol. The molecule has 1 aromatic carbocycles. The summed E-state index contributed by atoms with van der Waals surface area (Å²) < 4.78 is 16.0. The van der Waals surface area contributed by atoms with Gasteiger partial charge in [0.25, 0.3) is 0 Å². The van der Waals surface area contributed by atoms with Gasteiger partial charge < -0.3 is 24.3 Å². The summed E-state index contributed by atoms with van der Waals surface area (Å²) in [5.41, 5.74) is 1.89. The van der Waals surface area contributed by atoms with Crippen LogP contribution in [0.5, 0.6) is 11.5 Å². The van der Waals surface area contributed by atoms with Crippen molar-refractivity contribution < 1.29 is 19.0 Å². The Labute approximate surface area is 174 Å². The van der Waals surface area contributed by atoms with E-state index in [0.717, 1.165) is 0 Å². The molecule has 9 nitrogen and oxygen atoms in total. The molecule has 0 fully saturated rings. The zero-order chi connectivity index (χ0) is 21.3. The van der Waals surface area contributed by atoms with Crippen molar-refractivity contribution in [3.63, 3.8) is 0 Å². The van der Waals surface area contributed by atoms with Crippen LogP contribution >= 0.6 is 11.3 Å². The highest BCUT2D eigenvalue weighted by Crippen LogP contribution is 2.32. The van der Waals surface area contributed by atoms with Crippen LogP contribution in [0.25, 0.3) is 21.5 Å². The second-order valence-electron chi connectivity index (χ2n) is 6.36. The minimum absolute atomic E-state index is 0.225. The molecular weight excluding hydrogens is 408 g/mol. The summed E-state index contributed by atoms with van der Waals surface area (Å²) in [5.74, 6) is 1.24. The second-order valence-corrected chi connectivity index (χ2v) is 7.33. The van der Waals surface area contributed by atoms with Crippen LogP contribution in [0.15, 0.2) is 39.7 Å². The fraction of sp³-hybridized carbons (Fsp3) is 0.200. The van der Waals surface area contributed by atoms with Crippen molar-refractivity contribution in [2.45, 2.75) is 13.5 Å². The predicted molar refractivity (Wildman–Crippen MR) is 113 cm³/mol. The van der Waals surface area contributed by atoms with Gasteiger partial charge in [0.15, 0.2) is 10.6 Å². The molecular formula is C20H18N4O5S. The fourth-order valence-corrected chi connectivity index (χ4v) is 3.71. The monoisotopic (exact) mass is 426 g/mol. The first-order valence-electron chi connectivity index (χ1n) is 8.89. The number of anilines is 2. The van der Waals surface area contributed by atoms with E-state index in [9.17, 15) is 9.90 Å². The molecule has 0 aliphatic rings. The van der Waals surface area contributed by atoms with Crippen LogP contribution in [-0.2, 0) is 6.61 Å². The molecule has 0 spiro atoms. The highest BCUT2D eigenvalue weighted by atomic mass is 32.1. The van der Waals surface area contributed by atoms with E-state index in [1.807, 2.05) is 0 Å². The maximum Gasteiger partial charge on any atom is 0.346 e. The van der Waals surface area contributed by atoms with E-state index < -0.39 is 5.63 Å². The third-order valence-electron chi connectivity index (χ3n) is 4.47. The van der Waals surface area contributed by atoms with Crippen LogP contribution in [-0.4, -0.2) is 34.5 Å². The van der Waals surface area contributed by atoms with E-state index in [1.165, 1.54) is 11.3 Å². The summed E-state index contributed by atoms with van der Waals surface area (Å²) in [5, 5.41) is 22.4. The topological polar surface area (TPSA) is 120 Å². The van der Waals surface area contributed by atoms with Crippen LogP contribution in [0.3, 0.4) is 0 Å². The van der Waals surface area contributed by atoms with E-state index >= 15 is 0 Å². The number of methoxy groups -OCH3 is 2. The lowest BCUT2D eigenvalue weighted by Crippen LogP contribution is -2.05. The molecule has 3 aromatic heterocycles. The number of nitrogens with one attached hydrogen (secondary N) is 1. The number of ether oxygens (including phenoxy) is 2. The SMILES string of the molecule is COc1cc(Nc2nnc(-c3cc4c(CO)cnc(C)c4oc3=O)s2)cc(OC)c1. The highest BCUT2D eigenvalue weighted by molar-refractivity contribution is 7.18. The van der Waals surface area contributed by atoms with E-state index in [0.29, 0.717) is 49.6 Å². The number of aliphatic hydroxyl groups excluding tert-OH is 1. The van der Waals surface area contributed by atoms with Crippen LogP contribution in [0.1, 0.15) is 11.3 Å². The first-order chi connectivity index (χ1) is 14.5. The van der Waals surface area contributed by atoms with Crippen molar-refractivity contribution in [3.05, 3.63) is 52.1 Å². The zero-order valence-electron chi connectivity index (χ0n) is 16.4. The Morgan fingerprint density at radius 1 is 1.13 bits per heavy atom. The maximum absolute atomic E-state index is 12.5. The number of rotatable bonds is 6. The van der Waals surface area contributed by atoms with Gasteiger partial charge in [-0.25, -0.2) is 4.79 Å². The molecule has 154 valence electrons. The molecule has 10 heteroatoms. The third kappa shape index (κ3) is 3.70. The van der Waals surface area contributed by atoms with Crippen LogP contribution in [0.2, 0.25) is 0 Å². The molecule has 0 aliphatic heterocycles. The van der Waals surface area contributed by atoms with Gasteiger partial charge in [0.2, 0.25) is 5.13 Å². The smallest absolute Gasteiger partial charge is 0.346 e. The standard InChI is InChI=1S/C20H18N4O5S/c1-10-17-15(11(9-25)8-21-10)7-16(19(26)29-17)18-23-24-20(30-18)22-12-4-13(27-2)6-14(5-12)28-3/h4-8,25H,9H2,1-3H3,(H,22,24). The summed E-state index contributed by atoms with van der Waals surface area (Å²) in [7, 11) is 3.14. The number of aliphatic hydroxyl groups is 1. The van der Waals surface area contributed by atoms with Gasteiger partial charge in [0.05, 0.1) is 32.1 Å². The Hall–Kier alpha value is -3.50. The molecule has 0 radical (unpaired) electrons. The summed E-state index contributed by atoms with van der Waals surface area (Å²) in [6, 6.07) is 6.99.